The molecule has 0 radical (unpaired) electrons. The zero-order valence-electron chi connectivity index (χ0n) is 8.26. The Kier molecular flexibility index (Phi) is 1.98. The fraction of sp³-hybridized carbons (Fsp3) is 0.364. The van der Waals surface area contributed by atoms with Crippen molar-refractivity contribution in [3.63, 3.8) is 0 Å². The zero-order valence-corrected chi connectivity index (χ0v) is 8.26. The molecule has 0 amide bonds. The third kappa shape index (κ3) is 1.52. The van der Waals surface area contributed by atoms with Crippen LogP contribution in [0.2, 0.25) is 0 Å². The molecular weight excluding hydrogens is 190 g/mol. The minimum absolute atomic E-state index is 0.481. The van der Waals surface area contributed by atoms with Crippen LogP contribution in [-0.2, 0) is 0 Å². The van der Waals surface area contributed by atoms with Crippen LogP contribution in [0.1, 0.15) is 31.1 Å². The van der Waals surface area contributed by atoms with Crippen LogP contribution < -0.4 is 0 Å². The molecule has 2 heterocycles. The number of hydrogen-bond acceptors (Lipinski definition) is 4. The van der Waals surface area contributed by atoms with Gasteiger partial charge in [0.05, 0.1) is 0 Å². The van der Waals surface area contributed by atoms with Gasteiger partial charge in [-0.3, -0.25) is 4.98 Å². The van der Waals surface area contributed by atoms with E-state index in [0.29, 0.717) is 11.7 Å². The maximum absolute atomic E-state index is 5.22. The van der Waals surface area contributed by atoms with E-state index in [1.54, 1.807) is 6.20 Å². The Morgan fingerprint density at radius 3 is 2.87 bits per heavy atom. The molecular formula is C11H11N3O. The Labute approximate surface area is 87.3 Å². The maximum Gasteiger partial charge on any atom is 0.230 e. The van der Waals surface area contributed by atoms with Crippen LogP contribution in [0.25, 0.3) is 11.5 Å². The highest BCUT2D eigenvalue weighted by Crippen LogP contribution is 2.35. The topological polar surface area (TPSA) is 51.8 Å². The Hall–Kier alpha value is -1.71. The fourth-order valence-corrected chi connectivity index (χ4v) is 1.66. The van der Waals surface area contributed by atoms with Gasteiger partial charge in [0.25, 0.3) is 0 Å². The van der Waals surface area contributed by atoms with Crippen LogP contribution >= 0.6 is 0 Å². The summed E-state index contributed by atoms with van der Waals surface area (Å²) < 4.78 is 5.22. The van der Waals surface area contributed by atoms with E-state index in [1.807, 2.05) is 18.2 Å². The predicted octanol–water partition coefficient (Wildman–Crippen LogP) is 2.40. The van der Waals surface area contributed by atoms with Gasteiger partial charge in [0.2, 0.25) is 11.7 Å². The van der Waals surface area contributed by atoms with E-state index >= 15 is 0 Å². The lowest BCUT2D eigenvalue weighted by Gasteiger charge is -2.20. The summed E-state index contributed by atoms with van der Waals surface area (Å²) in [6.07, 6.45) is 5.34. The van der Waals surface area contributed by atoms with Gasteiger partial charge >= 0.3 is 0 Å². The highest BCUT2D eigenvalue weighted by molar-refractivity contribution is 5.47. The molecule has 4 nitrogen and oxygen atoms in total. The smallest absolute Gasteiger partial charge is 0.230 e. The molecule has 4 heteroatoms. The van der Waals surface area contributed by atoms with Crippen molar-refractivity contribution in [3.8, 4) is 11.5 Å². The van der Waals surface area contributed by atoms with Crippen molar-refractivity contribution < 1.29 is 4.52 Å². The summed E-state index contributed by atoms with van der Waals surface area (Å²) in [6.45, 7) is 0. The molecule has 1 aliphatic carbocycles. The lowest BCUT2D eigenvalue weighted by atomic mass is 9.85. The molecule has 1 aliphatic rings. The Morgan fingerprint density at radius 1 is 1.27 bits per heavy atom. The van der Waals surface area contributed by atoms with Gasteiger partial charge in [0.1, 0.15) is 5.69 Å². The molecule has 0 saturated heterocycles. The van der Waals surface area contributed by atoms with Crippen LogP contribution in [0.5, 0.6) is 0 Å². The van der Waals surface area contributed by atoms with Crippen LogP contribution in [0.4, 0.5) is 0 Å². The second-order valence-corrected chi connectivity index (χ2v) is 3.80. The molecule has 0 spiro atoms. The molecule has 2 aromatic rings. The molecule has 1 fully saturated rings. The minimum Gasteiger partial charge on any atom is -0.339 e. The third-order valence-electron chi connectivity index (χ3n) is 2.79. The average Bonchev–Trinajstić information content (AvgIpc) is 2.66. The van der Waals surface area contributed by atoms with Crippen molar-refractivity contribution in [3.05, 3.63) is 30.3 Å². The molecule has 0 unspecified atom stereocenters. The van der Waals surface area contributed by atoms with Crippen molar-refractivity contribution in [1.82, 2.24) is 15.1 Å². The Bertz CT molecular complexity index is 448. The Morgan fingerprint density at radius 2 is 2.20 bits per heavy atom. The summed E-state index contributed by atoms with van der Waals surface area (Å²) in [7, 11) is 0. The first-order valence-corrected chi connectivity index (χ1v) is 5.18. The van der Waals surface area contributed by atoms with E-state index in [2.05, 4.69) is 15.1 Å². The van der Waals surface area contributed by atoms with Crippen molar-refractivity contribution in [2.75, 3.05) is 0 Å². The molecule has 0 N–H and O–H groups in total. The van der Waals surface area contributed by atoms with Gasteiger partial charge < -0.3 is 4.52 Å². The molecule has 0 bridgehead atoms. The molecule has 0 aromatic carbocycles. The fourth-order valence-electron chi connectivity index (χ4n) is 1.66. The van der Waals surface area contributed by atoms with E-state index in [4.69, 9.17) is 4.52 Å². The highest BCUT2D eigenvalue weighted by Gasteiger charge is 2.25. The quantitative estimate of drug-likeness (QED) is 0.748. The number of nitrogens with zero attached hydrogens (tertiary/aromatic N) is 3. The van der Waals surface area contributed by atoms with E-state index in [1.165, 1.54) is 19.3 Å². The number of hydrogen-bond donors (Lipinski definition) is 0. The summed E-state index contributed by atoms with van der Waals surface area (Å²) in [4.78, 5) is 8.54. The maximum atomic E-state index is 5.22. The second kappa shape index (κ2) is 3.46. The van der Waals surface area contributed by atoms with Crippen LogP contribution in [0.15, 0.2) is 28.9 Å². The SMILES string of the molecule is c1ccc(-c2noc(C3CCC3)n2)nc1. The first kappa shape index (κ1) is 8.59. The summed E-state index contributed by atoms with van der Waals surface area (Å²) in [6, 6.07) is 5.67. The minimum atomic E-state index is 0.481. The van der Waals surface area contributed by atoms with Crippen molar-refractivity contribution in [2.24, 2.45) is 0 Å². The van der Waals surface area contributed by atoms with Gasteiger partial charge in [-0.2, -0.15) is 4.98 Å². The number of rotatable bonds is 2. The second-order valence-electron chi connectivity index (χ2n) is 3.80. The lowest BCUT2D eigenvalue weighted by molar-refractivity contribution is 0.292. The highest BCUT2D eigenvalue weighted by atomic mass is 16.5. The predicted molar refractivity (Wildman–Crippen MR) is 54.1 cm³/mol. The molecule has 3 rings (SSSR count). The van der Waals surface area contributed by atoms with Crippen LogP contribution in [0, 0.1) is 0 Å². The molecule has 0 aliphatic heterocycles. The summed E-state index contributed by atoms with van der Waals surface area (Å²) >= 11 is 0. The van der Waals surface area contributed by atoms with Crippen molar-refractivity contribution in [2.45, 2.75) is 25.2 Å². The number of pyridine rings is 1. The Balaban J connectivity index is 1.90. The lowest BCUT2D eigenvalue weighted by Crippen LogP contribution is -2.08. The molecule has 76 valence electrons. The number of aromatic nitrogens is 3. The van der Waals surface area contributed by atoms with E-state index < -0.39 is 0 Å². The zero-order chi connectivity index (χ0) is 10.1. The van der Waals surface area contributed by atoms with Crippen LogP contribution in [0.3, 0.4) is 0 Å². The molecule has 1 saturated carbocycles. The van der Waals surface area contributed by atoms with Crippen LogP contribution in [-0.4, -0.2) is 15.1 Å². The first-order chi connectivity index (χ1) is 7.43. The van der Waals surface area contributed by atoms with Gasteiger partial charge in [-0.25, -0.2) is 0 Å². The largest absolute Gasteiger partial charge is 0.339 e. The van der Waals surface area contributed by atoms with Gasteiger partial charge in [0.15, 0.2) is 0 Å². The van der Waals surface area contributed by atoms with Crippen molar-refractivity contribution >= 4 is 0 Å². The van der Waals surface area contributed by atoms with Crippen molar-refractivity contribution in [1.29, 1.82) is 0 Å². The van der Waals surface area contributed by atoms with E-state index in [-0.39, 0.29) is 0 Å². The first-order valence-electron chi connectivity index (χ1n) is 5.18. The summed E-state index contributed by atoms with van der Waals surface area (Å²) in [5, 5.41) is 3.94. The monoisotopic (exact) mass is 201 g/mol. The van der Waals surface area contributed by atoms with Gasteiger partial charge in [0, 0.05) is 12.1 Å². The molecule has 0 atom stereocenters. The van der Waals surface area contributed by atoms with Gasteiger partial charge in [-0.05, 0) is 25.0 Å². The van der Waals surface area contributed by atoms with Gasteiger partial charge in [-0.15, -0.1) is 0 Å². The molecule has 2 aromatic heterocycles. The normalized spacial score (nSPS) is 16.3. The molecule has 15 heavy (non-hydrogen) atoms. The standard InChI is InChI=1S/C11H11N3O/c1-2-7-12-9(6-1)10-13-11(15-14-10)8-4-3-5-8/h1-2,6-8H,3-5H2. The third-order valence-corrected chi connectivity index (χ3v) is 2.79. The van der Waals surface area contributed by atoms with Gasteiger partial charge in [-0.1, -0.05) is 17.6 Å². The van der Waals surface area contributed by atoms with E-state index in [0.717, 1.165) is 11.6 Å². The van der Waals surface area contributed by atoms with E-state index in [9.17, 15) is 0 Å². The summed E-state index contributed by atoms with van der Waals surface area (Å²) in [5.74, 6) is 1.84. The average molecular weight is 201 g/mol. The summed E-state index contributed by atoms with van der Waals surface area (Å²) in [5.41, 5.74) is 0.770.